The Hall–Kier alpha value is -5.94. The van der Waals surface area contributed by atoms with Crippen molar-refractivity contribution < 1.29 is 18.9 Å². The Balaban J connectivity index is 1.33. The minimum Gasteiger partial charge on any atom is -0.497 e. The summed E-state index contributed by atoms with van der Waals surface area (Å²) in [7, 11) is 5.15. The molecule has 0 aromatic heterocycles. The number of rotatable bonds is 7. The number of ether oxygens (including phenoxy) is 4. The molecular weight excluding hydrogens is 727 g/mol. The third kappa shape index (κ3) is 5.79. The van der Waals surface area contributed by atoms with Gasteiger partial charge in [-0.15, -0.1) is 0 Å². The molecule has 2 aliphatic carbocycles. The van der Waals surface area contributed by atoms with E-state index < -0.39 is 5.60 Å². The van der Waals surface area contributed by atoms with Crippen molar-refractivity contribution in [2.45, 2.75) is 69.9 Å². The average Bonchev–Trinajstić information content (AvgIpc) is 3.80. The van der Waals surface area contributed by atoms with E-state index in [2.05, 4.69) is 123 Å². The fourth-order valence-corrected chi connectivity index (χ4v) is 11.4. The van der Waals surface area contributed by atoms with Crippen LogP contribution in [-0.2, 0) is 11.0 Å². The van der Waals surface area contributed by atoms with E-state index in [9.17, 15) is 0 Å². The van der Waals surface area contributed by atoms with Gasteiger partial charge in [-0.2, -0.15) is 0 Å². The number of hydrogen-bond acceptors (Lipinski definition) is 5. The van der Waals surface area contributed by atoms with E-state index in [0.717, 1.165) is 76.4 Å². The Bertz CT molecular complexity index is 2610. The van der Waals surface area contributed by atoms with Crippen molar-refractivity contribution >= 4 is 22.5 Å². The highest BCUT2D eigenvalue weighted by Crippen LogP contribution is 2.65. The normalized spacial score (nSPS) is 20.9. The number of methoxy groups -OCH3 is 3. The number of benzene rings is 6. The van der Waals surface area contributed by atoms with Gasteiger partial charge in [0.15, 0.2) is 5.60 Å². The maximum Gasteiger partial charge on any atom is 0.178 e. The minimum atomic E-state index is -0.941. The van der Waals surface area contributed by atoms with Crippen molar-refractivity contribution in [2.75, 3.05) is 32.8 Å². The van der Waals surface area contributed by atoms with Gasteiger partial charge in [-0.1, -0.05) is 92.7 Å². The van der Waals surface area contributed by atoms with Crippen molar-refractivity contribution in [2.24, 2.45) is 5.41 Å². The number of fused-ring (bicyclic) bond motifs is 10. The fourth-order valence-electron chi connectivity index (χ4n) is 11.4. The molecule has 0 bridgehead atoms. The summed E-state index contributed by atoms with van der Waals surface area (Å²) in [6, 6.07) is 39.8. The van der Waals surface area contributed by atoms with E-state index in [0.29, 0.717) is 6.04 Å². The lowest BCUT2D eigenvalue weighted by Gasteiger charge is -2.46. The van der Waals surface area contributed by atoms with Gasteiger partial charge < -0.3 is 23.8 Å². The molecule has 0 radical (unpaired) electrons. The Morgan fingerprint density at radius 3 is 1.95 bits per heavy atom. The summed E-state index contributed by atoms with van der Waals surface area (Å²) in [6.07, 6.45) is 9.97. The molecule has 6 aromatic rings. The van der Waals surface area contributed by atoms with Crippen molar-refractivity contribution in [1.29, 1.82) is 0 Å². The average molecular weight is 780 g/mol. The van der Waals surface area contributed by atoms with Crippen molar-refractivity contribution in [3.05, 3.63) is 155 Å². The quantitative estimate of drug-likeness (QED) is 0.151. The van der Waals surface area contributed by atoms with Gasteiger partial charge in [-0.3, -0.25) is 0 Å². The smallest absolute Gasteiger partial charge is 0.178 e. The molecule has 10 rings (SSSR count). The van der Waals surface area contributed by atoms with Crippen LogP contribution in [0.1, 0.15) is 80.7 Å². The molecule has 2 fully saturated rings. The first-order valence-electron chi connectivity index (χ1n) is 21.1. The molecule has 59 heavy (non-hydrogen) atoms. The van der Waals surface area contributed by atoms with Crippen LogP contribution in [0, 0.1) is 5.41 Å². The van der Waals surface area contributed by atoms with Crippen LogP contribution in [0.25, 0.3) is 39.1 Å². The zero-order valence-corrected chi connectivity index (χ0v) is 35.2. The molecule has 4 aliphatic rings. The minimum absolute atomic E-state index is 0.0649. The summed E-state index contributed by atoms with van der Waals surface area (Å²) < 4.78 is 24.8. The number of allylic oxidation sites excluding steroid dienone is 1. The van der Waals surface area contributed by atoms with Gasteiger partial charge >= 0.3 is 0 Å². The Morgan fingerprint density at radius 1 is 0.729 bits per heavy atom. The highest BCUT2D eigenvalue weighted by molar-refractivity contribution is 6.12. The monoisotopic (exact) mass is 779 g/mol. The van der Waals surface area contributed by atoms with Crippen LogP contribution in [0.2, 0.25) is 0 Å². The maximum absolute atomic E-state index is 7.88. The SMILES string of the molecule is C=C1CC(C)(C)CC2(C1)c1ccccc1-c1c2c2c(c3cc(-c4ccc(OC)cc4)c(N4CCCC4C)cc13)OC(c1ccc(OC)cc1)(c1ccc(OC)cc1)C=C2. The van der Waals surface area contributed by atoms with Crippen LogP contribution in [0.3, 0.4) is 0 Å². The summed E-state index contributed by atoms with van der Waals surface area (Å²) in [6.45, 7) is 13.0. The molecule has 6 aromatic carbocycles. The summed E-state index contributed by atoms with van der Waals surface area (Å²) in [5.41, 5.74) is 12.4. The van der Waals surface area contributed by atoms with E-state index >= 15 is 0 Å². The summed E-state index contributed by atoms with van der Waals surface area (Å²) in [5.74, 6) is 3.35. The number of anilines is 1. The van der Waals surface area contributed by atoms with Crippen LogP contribution in [0.15, 0.2) is 127 Å². The van der Waals surface area contributed by atoms with Gasteiger partial charge in [0.1, 0.15) is 23.0 Å². The molecule has 5 nitrogen and oxygen atoms in total. The van der Waals surface area contributed by atoms with Gasteiger partial charge in [-0.05, 0) is 132 Å². The molecular formula is C54H53NO4. The molecule has 298 valence electrons. The molecule has 0 N–H and O–H groups in total. The lowest BCUT2D eigenvalue weighted by molar-refractivity contribution is 0.162. The predicted octanol–water partition coefficient (Wildman–Crippen LogP) is 12.9. The van der Waals surface area contributed by atoms with Gasteiger partial charge in [0.25, 0.3) is 0 Å². The fraction of sp³-hybridized carbons (Fsp3) is 0.296. The molecule has 5 heteroatoms. The number of hydrogen-bond donors (Lipinski definition) is 0. The maximum atomic E-state index is 7.88. The van der Waals surface area contributed by atoms with E-state index in [1.54, 1.807) is 21.3 Å². The summed E-state index contributed by atoms with van der Waals surface area (Å²) in [5, 5.41) is 2.34. The first-order chi connectivity index (χ1) is 28.6. The third-order valence-electron chi connectivity index (χ3n) is 13.7. The van der Waals surface area contributed by atoms with E-state index in [1.165, 1.54) is 57.3 Å². The van der Waals surface area contributed by atoms with Gasteiger partial charge in [-0.25, -0.2) is 0 Å². The zero-order valence-electron chi connectivity index (χ0n) is 35.2. The van der Waals surface area contributed by atoms with Crippen molar-refractivity contribution in [3.63, 3.8) is 0 Å². The molecule has 1 spiro atoms. The first kappa shape index (κ1) is 37.3. The summed E-state index contributed by atoms with van der Waals surface area (Å²) >= 11 is 0. The molecule has 2 unspecified atom stereocenters. The topological polar surface area (TPSA) is 40.2 Å². The standard InChI is InChI=1S/C54H53NO4/c1-34-31-52(3,4)33-53(32-34)47-13-9-8-12-42(47)49-45-30-48(55-28-10-11-35(55)2)44(36-14-20-39(56-5)21-15-36)29-46(45)51-43(50(49)53)26-27-54(59-51,37-16-22-40(57-6)23-17-37)38-18-24-41(58-7)25-19-38/h8-9,12-27,29-30,35H,1,10-11,28,31-33H2,2-7H3. The van der Waals surface area contributed by atoms with E-state index in [4.69, 9.17) is 25.5 Å². The van der Waals surface area contributed by atoms with Crippen LogP contribution in [0.4, 0.5) is 5.69 Å². The Labute approximate surface area is 348 Å². The van der Waals surface area contributed by atoms with Crippen molar-refractivity contribution in [3.8, 4) is 45.3 Å². The molecule has 2 aliphatic heterocycles. The highest BCUT2D eigenvalue weighted by Gasteiger charge is 2.52. The molecule has 2 atom stereocenters. The second kappa shape index (κ2) is 13.8. The lowest BCUT2D eigenvalue weighted by Crippen LogP contribution is -2.39. The largest absolute Gasteiger partial charge is 0.497 e. The first-order valence-corrected chi connectivity index (χ1v) is 21.1. The van der Waals surface area contributed by atoms with Gasteiger partial charge in [0.05, 0.1) is 21.3 Å². The predicted molar refractivity (Wildman–Crippen MR) is 241 cm³/mol. The lowest BCUT2D eigenvalue weighted by atomic mass is 9.57. The molecule has 1 saturated heterocycles. The van der Waals surface area contributed by atoms with E-state index in [1.807, 2.05) is 24.3 Å². The van der Waals surface area contributed by atoms with Crippen molar-refractivity contribution in [1.82, 2.24) is 0 Å². The van der Waals surface area contributed by atoms with Gasteiger partial charge in [0, 0.05) is 51.3 Å². The summed E-state index contributed by atoms with van der Waals surface area (Å²) in [4.78, 5) is 2.63. The second-order valence-electron chi connectivity index (χ2n) is 18.0. The Morgan fingerprint density at radius 2 is 1.36 bits per heavy atom. The number of nitrogens with zero attached hydrogens (tertiary/aromatic N) is 1. The van der Waals surface area contributed by atoms with Crippen LogP contribution in [-0.4, -0.2) is 33.9 Å². The zero-order chi connectivity index (χ0) is 40.7. The Kier molecular flexibility index (Phi) is 8.75. The van der Waals surface area contributed by atoms with Crippen LogP contribution >= 0.6 is 0 Å². The molecule has 0 amide bonds. The molecule has 2 heterocycles. The second-order valence-corrected chi connectivity index (χ2v) is 18.0. The van der Waals surface area contributed by atoms with Crippen LogP contribution in [0.5, 0.6) is 23.0 Å². The highest BCUT2D eigenvalue weighted by atomic mass is 16.5. The van der Waals surface area contributed by atoms with Gasteiger partial charge in [0.2, 0.25) is 0 Å². The molecule has 1 saturated carbocycles. The van der Waals surface area contributed by atoms with Crippen LogP contribution < -0.4 is 23.8 Å². The third-order valence-corrected chi connectivity index (χ3v) is 13.7. The van der Waals surface area contributed by atoms with E-state index in [-0.39, 0.29) is 10.8 Å².